The lowest BCUT2D eigenvalue weighted by molar-refractivity contribution is -0.123. The van der Waals surface area contributed by atoms with E-state index in [9.17, 15) is 4.79 Å². The van der Waals surface area contributed by atoms with E-state index >= 15 is 0 Å². The molecule has 3 rings (SSSR count). The van der Waals surface area contributed by atoms with Crippen LogP contribution in [0.2, 0.25) is 0 Å². The van der Waals surface area contributed by atoms with Gasteiger partial charge in [0.25, 0.3) is 0 Å². The van der Waals surface area contributed by atoms with Crippen LogP contribution < -0.4 is 5.32 Å². The lowest BCUT2D eigenvalue weighted by atomic mass is 9.86. The number of thiophene rings is 2. The van der Waals surface area contributed by atoms with E-state index in [4.69, 9.17) is 0 Å². The number of hydrogen-bond donors (Lipinski definition) is 1. The van der Waals surface area contributed by atoms with Crippen LogP contribution in [0, 0.1) is 5.92 Å². The Morgan fingerprint density at radius 2 is 1.75 bits per heavy atom. The first kappa shape index (κ1) is 17.6. The minimum Gasteiger partial charge on any atom is -0.352 e. The van der Waals surface area contributed by atoms with Gasteiger partial charge < -0.3 is 5.32 Å². The van der Waals surface area contributed by atoms with Gasteiger partial charge in [-0.25, -0.2) is 0 Å². The Hall–Kier alpha value is -1.17. The molecular formula is C19H26N2OS2. The highest BCUT2D eigenvalue weighted by atomic mass is 32.1. The Balaban J connectivity index is 1.58. The van der Waals surface area contributed by atoms with E-state index in [0.717, 1.165) is 19.5 Å². The molecule has 2 aromatic heterocycles. The Morgan fingerprint density at radius 1 is 1.12 bits per heavy atom. The van der Waals surface area contributed by atoms with E-state index in [1.54, 1.807) is 22.7 Å². The van der Waals surface area contributed by atoms with Crippen LogP contribution in [0.3, 0.4) is 0 Å². The highest BCUT2D eigenvalue weighted by molar-refractivity contribution is 7.10. The SMILES string of the molecule is C[C@@H]1CCCC[C@H]1NC(=O)CN(Cc1cccs1)Cc1cccs1. The third-order valence-electron chi connectivity index (χ3n) is 4.74. The second-order valence-electron chi connectivity index (χ2n) is 6.74. The highest BCUT2D eigenvalue weighted by Crippen LogP contribution is 2.24. The topological polar surface area (TPSA) is 32.3 Å². The van der Waals surface area contributed by atoms with E-state index < -0.39 is 0 Å². The molecule has 1 aliphatic rings. The van der Waals surface area contributed by atoms with Crippen molar-refractivity contribution in [1.29, 1.82) is 0 Å². The molecule has 1 fully saturated rings. The molecule has 130 valence electrons. The highest BCUT2D eigenvalue weighted by Gasteiger charge is 2.23. The summed E-state index contributed by atoms with van der Waals surface area (Å²) in [5.41, 5.74) is 0. The van der Waals surface area contributed by atoms with Crippen LogP contribution >= 0.6 is 22.7 Å². The van der Waals surface area contributed by atoms with E-state index in [1.807, 2.05) is 0 Å². The van der Waals surface area contributed by atoms with Gasteiger partial charge in [0.15, 0.2) is 0 Å². The summed E-state index contributed by atoms with van der Waals surface area (Å²) in [7, 11) is 0. The maximum Gasteiger partial charge on any atom is 0.234 e. The standard InChI is InChI=1S/C19H26N2OS2/c1-15-6-2-3-9-18(15)20-19(22)14-21(12-16-7-4-10-23-16)13-17-8-5-11-24-17/h4-5,7-8,10-11,15,18H,2-3,6,9,12-14H2,1H3,(H,20,22)/t15-,18-/m1/s1. The average Bonchev–Trinajstić information content (AvgIpc) is 3.23. The van der Waals surface area contributed by atoms with Gasteiger partial charge in [0.05, 0.1) is 6.54 Å². The maximum absolute atomic E-state index is 12.6. The molecule has 0 saturated heterocycles. The van der Waals surface area contributed by atoms with Crippen molar-refractivity contribution in [2.24, 2.45) is 5.92 Å². The molecule has 2 atom stereocenters. The van der Waals surface area contributed by atoms with Crippen molar-refractivity contribution < 1.29 is 4.79 Å². The van der Waals surface area contributed by atoms with Crippen molar-refractivity contribution in [2.45, 2.75) is 51.7 Å². The molecule has 1 saturated carbocycles. The first-order valence-corrected chi connectivity index (χ1v) is 10.5. The van der Waals surface area contributed by atoms with Crippen molar-refractivity contribution in [3.63, 3.8) is 0 Å². The second-order valence-corrected chi connectivity index (χ2v) is 8.80. The number of rotatable bonds is 7. The Kier molecular flexibility index (Phi) is 6.46. The largest absolute Gasteiger partial charge is 0.352 e. The van der Waals surface area contributed by atoms with Crippen LogP contribution in [-0.2, 0) is 17.9 Å². The fourth-order valence-electron chi connectivity index (χ4n) is 3.40. The molecule has 0 aromatic carbocycles. The van der Waals surface area contributed by atoms with Crippen molar-refractivity contribution in [3.8, 4) is 0 Å². The zero-order valence-electron chi connectivity index (χ0n) is 14.2. The summed E-state index contributed by atoms with van der Waals surface area (Å²) in [4.78, 5) is 17.4. The lowest BCUT2D eigenvalue weighted by Crippen LogP contribution is -2.45. The number of hydrogen-bond acceptors (Lipinski definition) is 4. The molecule has 2 heterocycles. The summed E-state index contributed by atoms with van der Waals surface area (Å²) in [5.74, 6) is 0.771. The van der Waals surface area contributed by atoms with Crippen molar-refractivity contribution >= 4 is 28.6 Å². The van der Waals surface area contributed by atoms with Gasteiger partial charge in [-0.05, 0) is 41.7 Å². The molecule has 24 heavy (non-hydrogen) atoms. The molecule has 0 radical (unpaired) electrons. The predicted octanol–water partition coefficient (Wildman–Crippen LogP) is 4.51. The number of amides is 1. The summed E-state index contributed by atoms with van der Waals surface area (Å²) < 4.78 is 0. The molecule has 3 nitrogen and oxygen atoms in total. The normalized spacial score (nSPS) is 21.1. The maximum atomic E-state index is 12.6. The van der Waals surface area contributed by atoms with E-state index in [1.165, 1.54) is 29.0 Å². The lowest BCUT2D eigenvalue weighted by Gasteiger charge is -2.30. The summed E-state index contributed by atoms with van der Waals surface area (Å²) >= 11 is 3.51. The number of carbonyl (C=O) groups excluding carboxylic acids is 1. The monoisotopic (exact) mass is 362 g/mol. The first-order chi connectivity index (χ1) is 11.7. The summed E-state index contributed by atoms with van der Waals surface area (Å²) in [6, 6.07) is 8.80. The Bertz CT molecular complexity index is 573. The molecule has 1 amide bonds. The third kappa shape index (κ3) is 5.16. The van der Waals surface area contributed by atoms with Crippen LogP contribution in [0.25, 0.3) is 0 Å². The zero-order chi connectivity index (χ0) is 16.8. The van der Waals surface area contributed by atoms with E-state index in [-0.39, 0.29) is 5.91 Å². The van der Waals surface area contributed by atoms with Gasteiger partial charge in [-0.1, -0.05) is 31.9 Å². The molecule has 2 aromatic rings. The van der Waals surface area contributed by atoms with Gasteiger partial charge in [0.1, 0.15) is 0 Å². The molecule has 0 unspecified atom stereocenters. The van der Waals surface area contributed by atoms with Gasteiger partial charge in [0.2, 0.25) is 5.91 Å². The fraction of sp³-hybridized carbons (Fsp3) is 0.526. The summed E-state index contributed by atoms with van der Waals surface area (Å²) in [6.45, 7) is 4.41. The van der Waals surface area contributed by atoms with Crippen LogP contribution in [-0.4, -0.2) is 23.4 Å². The van der Waals surface area contributed by atoms with Crippen LogP contribution in [0.5, 0.6) is 0 Å². The zero-order valence-corrected chi connectivity index (χ0v) is 15.9. The van der Waals surface area contributed by atoms with Crippen molar-refractivity contribution in [3.05, 3.63) is 44.8 Å². The van der Waals surface area contributed by atoms with Gasteiger partial charge >= 0.3 is 0 Å². The van der Waals surface area contributed by atoms with Crippen LogP contribution in [0.4, 0.5) is 0 Å². The third-order valence-corrected chi connectivity index (χ3v) is 6.47. The summed E-state index contributed by atoms with van der Waals surface area (Å²) in [5, 5.41) is 7.48. The van der Waals surface area contributed by atoms with Crippen LogP contribution in [0.15, 0.2) is 35.0 Å². The Labute approximate surface area is 152 Å². The molecule has 1 aliphatic carbocycles. The predicted molar refractivity (Wildman–Crippen MR) is 102 cm³/mol. The molecule has 0 spiro atoms. The molecule has 0 aliphatic heterocycles. The van der Waals surface area contributed by atoms with Gasteiger partial charge in [-0.15, -0.1) is 22.7 Å². The molecular weight excluding hydrogens is 336 g/mol. The van der Waals surface area contributed by atoms with E-state index in [2.05, 4.69) is 52.2 Å². The fourth-order valence-corrected chi connectivity index (χ4v) is 4.89. The second kappa shape index (κ2) is 8.79. The quantitative estimate of drug-likeness (QED) is 0.786. The number of nitrogens with one attached hydrogen (secondary N) is 1. The number of carbonyl (C=O) groups is 1. The Morgan fingerprint density at radius 3 is 2.29 bits per heavy atom. The molecule has 5 heteroatoms. The summed E-state index contributed by atoms with van der Waals surface area (Å²) in [6.07, 6.45) is 4.90. The molecule has 1 N–H and O–H groups in total. The van der Waals surface area contributed by atoms with Gasteiger partial charge in [-0.2, -0.15) is 0 Å². The smallest absolute Gasteiger partial charge is 0.234 e. The van der Waals surface area contributed by atoms with Crippen molar-refractivity contribution in [1.82, 2.24) is 10.2 Å². The first-order valence-electron chi connectivity index (χ1n) is 8.77. The number of nitrogens with zero attached hydrogens (tertiary/aromatic N) is 1. The van der Waals surface area contributed by atoms with Crippen LogP contribution in [0.1, 0.15) is 42.4 Å². The average molecular weight is 363 g/mol. The minimum absolute atomic E-state index is 0.168. The molecule has 0 bridgehead atoms. The minimum atomic E-state index is 0.168. The van der Waals surface area contributed by atoms with Crippen molar-refractivity contribution in [2.75, 3.05) is 6.54 Å². The van der Waals surface area contributed by atoms with Gasteiger partial charge in [-0.3, -0.25) is 9.69 Å². The van der Waals surface area contributed by atoms with Gasteiger partial charge in [0, 0.05) is 28.9 Å². The van der Waals surface area contributed by atoms with E-state index in [0.29, 0.717) is 18.5 Å².